The Labute approximate surface area is 153 Å². The van der Waals surface area contributed by atoms with Gasteiger partial charge in [-0.3, -0.25) is 9.59 Å². The summed E-state index contributed by atoms with van der Waals surface area (Å²) in [6, 6.07) is 17.2. The number of carbonyl (C=O) groups excluding carboxylic acids is 1. The molecule has 26 heavy (non-hydrogen) atoms. The van der Waals surface area contributed by atoms with Gasteiger partial charge in [0, 0.05) is 5.39 Å². The highest BCUT2D eigenvalue weighted by Crippen LogP contribution is 2.23. The molecule has 4 heteroatoms. The molecule has 2 N–H and O–H groups in total. The van der Waals surface area contributed by atoms with Gasteiger partial charge in [-0.2, -0.15) is 0 Å². The van der Waals surface area contributed by atoms with E-state index in [9.17, 15) is 9.59 Å². The number of aromatic nitrogens is 1. The molecule has 0 aliphatic carbocycles. The second-order valence-electron chi connectivity index (χ2n) is 6.89. The monoisotopic (exact) mass is 348 g/mol. The number of pyridine rings is 1. The molecule has 2 aromatic carbocycles. The van der Waals surface area contributed by atoms with E-state index in [4.69, 9.17) is 0 Å². The lowest BCUT2D eigenvalue weighted by atomic mass is 9.94. The number of nitrogens with one attached hydrogen (secondary N) is 2. The highest BCUT2D eigenvalue weighted by molar-refractivity contribution is 5.96. The minimum Gasteiger partial charge on any atom is -0.344 e. The van der Waals surface area contributed by atoms with Crippen molar-refractivity contribution < 1.29 is 4.79 Å². The van der Waals surface area contributed by atoms with Crippen LogP contribution in [0.5, 0.6) is 0 Å². The van der Waals surface area contributed by atoms with Crippen LogP contribution in [0.15, 0.2) is 59.4 Å². The molecule has 0 aliphatic heterocycles. The maximum atomic E-state index is 12.8. The van der Waals surface area contributed by atoms with Gasteiger partial charge in [0.05, 0.1) is 6.04 Å². The number of carbonyl (C=O) groups is 1. The van der Waals surface area contributed by atoms with Gasteiger partial charge in [-0.05, 0) is 41.0 Å². The summed E-state index contributed by atoms with van der Waals surface area (Å²) in [6.07, 6.45) is 0.983. The molecule has 0 saturated heterocycles. The van der Waals surface area contributed by atoms with Crippen molar-refractivity contribution in [3.05, 3.63) is 81.8 Å². The molecular weight excluding hydrogens is 324 g/mol. The molecule has 1 heterocycles. The first kappa shape index (κ1) is 17.9. The molecular formula is C22H24N2O2. The Balaban J connectivity index is 1.89. The van der Waals surface area contributed by atoms with Crippen molar-refractivity contribution in [3.63, 3.8) is 0 Å². The lowest BCUT2D eigenvalue weighted by molar-refractivity contribution is 0.0920. The highest BCUT2D eigenvalue weighted by Gasteiger charge is 2.20. The van der Waals surface area contributed by atoms with E-state index in [2.05, 4.69) is 55.3 Å². The Kier molecular flexibility index (Phi) is 5.21. The predicted octanol–water partition coefficient (Wildman–Crippen LogP) is 4.22. The largest absolute Gasteiger partial charge is 0.344 e. The van der Waals surface area contributed by atoms with E-state index in [-0.39, 0.29) is 29.1 Å². The summed E-state index contributed by atoms with van der Waals surface area (Å²) in [7, 11) is 0. The fraction of sp³-hybridized carbons (Fsp3) is 0.273. The number of benzene rings is 2. The number of rotatable bonds is 5. The maximum Gasteiger partial charge on any atom is 0.268 e. The van der Waals surface area contributed by atoms with E-state index in [1.54, 1.807) is 12.1 Å². The molecule has 0 fully saturated rings. The Morgan fingerprint density at radius 1 is 1.08 bits per heavy atom. The molecule has 3 rings (SSSR count). The van der Waals surface area contributed by atoms with Crippen molar-refractivity contribution in [2.24, 2.45) is 5.92 Å². The van der Waals surface area contributed by atoms with Crippen LogP contribution in [-0.2, 0) is 6.42 Å². The summed E-state index contributed by atoms with van der Waals surface area (Å²) in [4.78, 5) is 27.7. The fourth-order valence-corrected chi connectivity index (χ4v) is 3.15. The third kappa shape index (κ3) is 3.69. The van der Waals surface area contributed by atoms with Crippen molar-refractivity contribution >= 4 is 16.7 Å². The average molecular weight is 348 g/mol. The zero-order valence-corrected chi connectivity index (χ0v) is 15.4. The molecule has 0 unspecified atom stereocenters. The summed E-state index contributed by atoms with van der Waals surface area (Å²) in [5, 5.41) is 4.41. The van der Waals surface area contributed by atoms with Gasteiger partial charge in [-0.1, -0.05) is 63.2 Å². The predicted molar refractivity (Wildman–Crippen MR) is 105 cm³/mol. The smallest absolute Gasteiger partial charge is 0.268 e. The molecule has 0 bridgehead atoms. The minimum atomic E-state index is -0.272. The lowest BCUT2D eigenvalue weighted by Gasteiger charge is -2.23. The van der Waals surface area contributed by atoms with Crippen LogP contribution in [0.1, 0.15) is 48.4 Å². The number of hydrogen-bond acceptors (Lipinski definition) is 2. The molecule has 0 saturated carbocycles. The van der Waals surface area contributed by atoms with Crippen LogP contribution in [0.2, 0.25) is 0 Å². The Morgan fingerprint density at radius 2 is 1.77 bits per heavy atom. The second-order valence-corrected chi connectivity index (χ2v) is 6.89. The summed E-state index contributed by atoms with van der Waals surface area (Å²) in [5.41, 5.74) is 2.36. The normalized spacial score (nSPS) is 12.3. The SMILES string of the molecule is CCc1ccc([C@@H](NC(=O)c2cc3ccccc3c(=O)[nH]2)C(C)C)cc1. The molecule has 0 spiro atoms. The number of amides is 1. The molecule has 1 atom stereocenters. The lowest BCUT2D eigenvalue weighted by Crippen LogP contribution is -2.33. The van der Waals surface area contributed by atoms with Crippen LogP contribution in [0.25, 0.3) is 10.8 Å². The third-order valence-corrected chi connectivity index (χ3v) is 4.70. The van der Waals surface area contributed by atoms with Crippen LogP contribution in [0.4, 0.5) is 0 Å². The summed E-state index contributed by atoms with van der Waals surface area (Å²) >= 11 is 0. The van der Waals surface area contributed by atoms with E-state index in [0.29, 0.717) is 5.39 Å². The molecule has 0 aliphatic rings. The van der Waals surface area contributed by atoms with Crippen LogP contribution in [0, 0.1) is 5.92 Å². The zero-order valence-electron chi connectivity index (χ0n) is 15.4. The molecule has 3 aromatic rings. The van der Waals surface area contributed by atoms with Crippen LogP contribution < -0.4 is 10.9 Å². The van der Waals surface area contributed by atoms with Gasteiger partial charge >= 0.3 is 0 Å². The van der Waals surface area contributed by atoms with Gasteiger partial charge in [-0.25, -0.2) is 0 Å². The second kappa shape index (κ2) is 7.56. The van der Waals surface area contributed by atoms with Crippen LogP contribution in [0.3, 0.4) is 0 Å². The number of hydrogen-bond donors (Lipinski definition) is 2. The fourth-order valence-electron chi connectivity index (χ4n) is 3.15. The van der Waals surface area contributed by atoms with Crippen molar-refractivity contribution in [1.29, 1.82) is 0 Å². The molecule has 4 nitrogen and oxygen atoms in total. The van der Waals surface area contributed by atoms with E-state index in [0.717, 1.165) is 17.4 Å². The van der Waals surface area contributed by atoms with Crippen LogP contribution in [-0.4, -0.2) is 10.9 Å². The standard InChI is InChI=1S/C22H24N2O2/c1-4-15-9-11-16(12-10-15)20(14(2)3)24-22(26)19-13-17-7-5-6-8-18(17)21(25)23-19/h5-14,20H,4H2,1-3H3,(H,23,25)(H,24,26)/t20-/m0/s1. The Morgan fingerprint density at radius 3 is 2.42 bits per heavy atom. The van der Waals surface area contributed by atoms with Gasteiger partial charge < -0.3 is 10.3 Å². The topological polar surface area (TPSA) is 62.0 Å². The average Bonchev–Trinajstić information content (AvgIpc) is 2.65. The van der Waals surface area contributed by atoms with E-state index < -0.39 is 0 Å². The van der Waals surface area contributed by atoms with Gasteiger partial charge in [0.2, 0.25) is 0 Å². The molecule has 0 radical (unpaired) electrons. The van der Waals surface area contributed by atoms with E-state index in [1.165, 1.54) is 5.56 Å². The summed E-state index contributed by atoms with van der Waals surface area (Å²) in [5.74, 6) is -0.0512. The van der Waals surface area contributed by atoms with Crippen molar-refractivity contribution in [2.75, 3.05) is 0 Å². The highest BCUT2D eigenvalue weighted by atomic mass is 16.2. The third-order valence-electron chi connectivity index (χ3n) is 4.70. The first-order valence-electron chi connectivity index (χ1n) is 9.01. The van der Waals surface area contributed by atoms with Crippen molar-refractivity contribution in [1.82, 2.24) is 10.3 Å². The summed E-state index contributed by atoms with van der Waals surface area (Å²) in [6.45, 7) is 6.26. The summed E-state index contributed by atoms with van der Waals surface area (Å²) < 4.78 is 0. The van der Waals surface area contributed by atoms with Crippen LogP contribution >= 0.6 is 0 Å². The van der Waals surface area contributed by atoms with Gasteiger partial charge in [0.15, 0.2) is 0 Å². The van der Waals surface area contributed by atoms with Gasteiger partial charge in [0.1, 0.15) is 5.69 Å². The number of aryl methyl sites for hydroxylation is 1. The number of H-pyrrole nitrogens is 1. The Bertz CT molecular complexity index is 971. The molecule has 134 valence electrons. The van der Waals surface area contributed by atoms with E-state index in [1.807, 2.05) is 18.2 Å². The quantitative estimate of drug-likeness (QED) is 0.725. The van der Waals surface area contributed by atoms with Gasteiger partial charge in [0.25, 0.3) is 11.5 Å². The number of fused-ring (bicyclic) bond motifs is 1. The van der Waals surface area contributed by atoms with E-state index >= 15 is 0 Å². The maximum absolute atomic E-state index is 12.8. The minimum absolute atomic E-state index is 0.122. The number of aromatic amines is 1. The molecule has 1 aromatic heterocycles. The zero-order chi connectivity index (χ0) is 18.7. The Hall–Kier alpha value is -2.88. The van der Waals surface area contributed by atoms with Gasteiger partial charge in [-0.15, -0.1) is 0 Å². The van der Waals surface area contributed by atoms with Crippen molar-refractivity contribution in [2.45, 2.75) is 33.2 Å². The van der Waals surface area contributed by atoms with Crippen molar-refractivity contribution in [3.8, 4) is 0 Å². The first-order chi connectivity index (χ1) is 12.5. The first-order valence-corrected chi connectivity index (χ1v) is 9.01. The molecule has 1 amide bonds.